The van der Waals surface area contributed by atoms with Crippen molar-refractivity contribution in [1.29, 1.82) is 0 Å². The standard InChI is InChI=1S/C17H12ClN5O2/c1-9-11-4-2-3-5-14(11)25-15(9)17(24)19-13-8-10(18)6-7-12(13)16-20-22-23-21-16/h2-8H,1H3,(H,19,24)(H,20,21,22,23). The van der Waals surface area contributed by atoms with E-state index >= 15 is 0 Å². The lowest BCUT2D eigenvalue weighted by molar-refractivity contribution is 0.0998. The maximum Gasteiger partial charge on any atom is 0.291 e. The third-order valence-electron chi connectivity index (χ3n) is 3.87. The van der Waals surface area contributed by atoms with Gasteiger partial charge in [-0.3, -0.25) is 4.79 Å². The van der Waals surface area contributed by atoms with Gasteiger partial charge in [0.1, 0.15) is 5.58 Å². The lowest BCUT2D eigenvalue weighted by Crippen LogP contribution is -2.13. The number of rotatable bonds is 3. The molecule has 2 heterocycles. The van der Waals surface area contributed by atoms with Gasteiger partial charge in [-0.25, -0.2) is 0 Å². The molecule has 0 spiro atoms. The third-order valence-corrected chi connectivity index (χ3v) is 4.10. The summed E-state index contributed by atoms with van der Waals surface area (Å²) in [5.74, 6) is 0.231. The highest BCUT2D eigenvalue weighted by Gasteiger charge is 2.20. The zero-order valence-corrected chi connectivity index (χ0v) is 13.8. The molecule has 0 aliphatic rings. The van der Waals surface area contributed by atoms with Crippen molar-refractivity contribution in [2.24, 2.45) is 0 Å². The molecule has 2 aromatic heterocycles. The van der Waals surface area contributed by atoms with E-state index in [0.717, 1.165) is 10.9 Å². The lowest BCUT2D eigenvalue weighted by Gasteiger charge is -2.08. The van der Waals surface area contributed by atoms with E-state index in [2.05, 4.69) is 25.9 Å². The van der Waals surface area contributed by atoms with E-state index in [9.17, 15) is 4.79 Å². The Balaban J connectivity index is 1.73. The maximum atomic E-state index is 12.7. The summed E-state index contributed by atoms with van der Waals surface area (Å²) >= 11 is 6.06. The van der Waals surface area contributed by atoms with Crippen LogP contribution in [-0.2, 0) is 0 Å². The molecular formula is C17H12ClN5O2. The summed E-state index contributed by atoms with van der Waals surface area (Å²) in [6.45, 7) is 1.85. The van der Waals surface area contributed by atoms with Crippen LogP contribution in [0.25, 0.3) is 22.4 Å². The van der Waals surface area contributed by atoms with E-state index in [1.807, 2.05) is 31.2 Å². The molecule has 0 aliphatic heterocycles. The monoisotopic (exact) mass is 353 g/mol. The Morgan fingerprint density at radius 3 is 2.84 bits per heavy atom. The first-order valence-corrected chi connectivity index (χ1v) is 7.84. The molecule has 8 heteroatoms. The number of aromatic nitrogens is 4. The molecule has 0 aliphatic carbocycles. The normalized spacial score (nSPS) is 11.0. The molecule has 25 heavy (non-hydrogen) atoms. The number of benzene rings is 2. The van der Waals surface area contributed by atoms with Gasteiger partial charge in [0.15, 0.2) is 5.76 Å². The first kappa shape index (κ1) is 15.3. The van der Waals surface area contributed by atoms with Crippen LogP contribution in [0.15, 0.2) is 46.9 Å². The van der Waals surface area contributed by atoms with Gasteiger partial charge in [-0.05, 0) is 36.4 Å². The van der Waals surface area contributed by atoms with Crippen LogP contribution in [0.2, 0.25) is 5.02 Å². The minimum Gasteiger partial charge on any atom is -0.451 e. The number of anilines is 1. The Kier molecular flexibility index (Phi) is 3.70. The third kappa shape index (κ3) is 2.74. The van der Waals surface area contributed by atoms with Crippen LogP contribution in [0.3, 0.4) is 0 Å². The highest BCUT2D eigenvalue weighted by molar-refractivity contribution is 6.31. The van der Waals surface area contributed by atoms with E-state index in [1.54, 1.807) is 18.2 Å². The van der Waals surface area contributed by atoms with Gasteiger partial charge in [-0.2, -0.15) is 5.21 Å². The number of furan rings is 1. The largest absolute Gasteiger partial charge is 0.451 e. The number of aryl methyl sites for hydroxylation is 1. The Morgan fingerprint density at radius 2 is 2.08 bits per heavy atom. The zero-order chi connectivity index (χ0) is 17.4. The van der Waals surface area contributed by atoms with Crippen LogP contribution in [0, 0.1) is 6.92 Å². The van der Waals surface area contributed by atoms with Gasteiger partial charge in [-0.1, -0.05) is 29.8 Å². The number of halogens is 1. The fraction of sp³-hybridized carbons (Fsp3) is 0.0588. The number of carbonyl (C=O) groups excluding carboxylic acids is 1. The number of amides is 1. The number of H-pyrrole nitrogens is 1. The molecule has 0 saturated heterocycles. The molecule has 124 valence electrons. The molecule has 0 radical (unpaired) electrons. The number of nitrogens with one attached hydrogen (secondary N) is 2. The first-order chi connectivity index (χ1) is 12.1. The molecule has 0 fully saturated rings. The highest BCUT2D eigenvalue weighted by atomic mass is 35.5. The van der Waals surface area contributed by atoms with Crippen LogP contribution >= 0.6 is 11.6 Å². The lowest BCUT2D eigenvalue weighted by atomic mass is 10.1. The predicted octanol–water partition coefficient (Wildman–Crippen LogP) is 3.83. The first-order valence-electron chi connectivity index (χ1n) is 7.46. The van der Waals surface area contributed by atoms with Crippen LogP contribution in [-0.4, -0.2) is 26.5 Å². The van der Waals surface area contributed by atoms with Crippen LogP contribution in [0.5, 0.6) is 0 Å². The number of hydrogen-bond donors (Lipinski definition) is 2. The number of aromatic amines is 1. The molecule has 0 unspecified atom stereocenters. The average molecular weight is 354 g/mol. The fourth-order valence-corrected chi connectivity index (χ4v) is 2.83. The van der Waals surface area contributed by atoms with Crippen molar-refractivity contribution < 1.29 is 9.21 Å². The minimum atomic E-state index is -0.374. The predicted molar refractivity (Wildman–Crippen MR) is 93.5 cm³/mol. The molecular weight excluding hydrogens is 342 g/mol. The molecule has 0 atom stereocenters. The van der Waals surface area contributed by atoms with Crippen molar-refractivity contribution in [3.05, 3.63) is 58.8 Å². The molecule has 2 N–H and O–H groups in total. The summed E-state index contributed by atoms with van der Waals surface area (Å²) in [6, 6.07) is 12.5. The summed E-state index contributed by atoms with van der Waals surface area (Å²) < 4.78 is 5.70. The summed E-state index contributed by atoms with van der Waals surface area (Å²) in [4.78, 5) is 12.7. The second kappa shape index (κ2) is 6.03. The molecule has 2 aromatic carbocycles. The highest BCUT2D eigenvalue weighted by Crippen LogP contribution is 2.30. The van der Waals surface area contributed by atoms with Gasteiger partial charge in [0, 0.05) is 21.5 Å². The maximum absolute atomic E-state index is 12.7. The van der Waals surface area contributed by atoms with Crippen molar-refractivity contribution in [1.82, 2.24) is 20.6 Å². The number of carbonyl (C=O) groups is 1. The van der Waals surface area contributed by atoms with Crippen LogP contribution in [0.1, 0.15) is 16.1 Å². The SMILES string of the molecule is Cc1c(C(=O)Nc2cc(Cl)ccc2-c2nn[nH]n2)oc2ccccc12. The Hall–Kier alpha value is -3.19. The van der Waals surface area contributed by atoms with Crippen LogP contribution in [0.4, 0.5) is 5.69 Å². The van der Waals surface area contributed by atoms with Gasteiger partial charge < -0.3 is 9.73 Å². The van der Waals surface area contributed by atoms with Gasteiger partial charge in [0.2, 0.25) is 5.82 Å². The van der Waals surface area contributed by atoms with Crippen LogP contribution < -0.4 is 5.32 Å². The fourth-order valence-electron chi connectivity index (χ4n) is 2.66. The minimum absolute atomic E-state index is 0.250. The molecule has 0 saturated carbocycles. The summed E-state index contributed by atoms with van der Waals surface area (Å²) in [5.41, 5.74) is 2.50. The van der Waals surface area contributed by atoms with Gasteiger partial charge in [-0.15, -0.1) is 10.2 Å². The zero-order valence-electron chi connectivity index (χ0n) is 13.1. The Morgan fingerprint density at radius 1 is 1.24 bits per heavy atom. The van der Waals surface area contributed by atoms with Crippen molar-refractivity contribution >= 4 is 34.2 Å². The molecule has 0 bridgehead atoms. The summed E-state index contributed by atoms with van der Waals surface area (Å²) in [7, 11) is 0. The van der Waals surface area contributed by atoms with Crippen molar-refractivity contribution in [3.63, 3.8) is 0 Å². The van der Waals surface area contributed by atoms with Gasteiger partial charge >= 0.3 is 0 Å². The smallest absolute Gasteiger partial charge is 0.291 e. The average Bonchev–Trinajstić information content (AvgIpc) is 3.24. The van der Waals surface area contributed by atoms with Gasteiger partial charge in [0.05, 0.1) is 5.69 Å². The Labute approximate surface area is 147 Å². The van der Waals surface area contributed by atoms with Crippen molar-refractivity contribution in [3.8, 4) is 11.4 Å². The summed E-state index contributed by atoms with van der Waals surface area (Å²) in [6.07, 6.45) is 0. The van der Waals surface area contributed by atoms with E-state index in [-0.39, 0.29) is 11.7 Å². The second-order valence-electron chi connectivity index (χ2n) is 5.43. The van der Waals surface area contributed by atoms with Crippen molar-refractivity contribution in [2.75, 3.05) is 5.32 Å². The molecule has 4 aromatic rings. The quantitative estimate of drug-likeness (QED) is 0.583. The number of hydrogen-bond acceptors (Lipinski definition) is 5. The number of tetrazole rings is 1. The van der Waals surface area contributed by atoms with Gasteiger partial charge in [0.25, 0.3) is 5.91 Å². The number of para-hydroxylation sites is 1. The number of nitrogens with zero attached hydrogens (tertiary/aromatic N) is 3. The molecule has 1 amide bonds. The molecule has 4 rings (SSSR count). The number of fused-ring (bicyclic) bond motifs is 1. The van der Waals surface area contributed by atoms with E-state index in [4.69, 9.17) is 16.0 Å². The second-order valence-corrected chi connectivity index (χ2v) is 5.87. The van der Waals surface area contributed by atoms with E-state index < -0.39 is 0 Å². The van der Waals surface area contributed by atoms with E-state index in [0.29, 0.717) is 27.7 Å². The van der Waals surface area contributed by atoms with E-state index in [1.165, 1.54) is 0 Å². The molecule has 7 nitrogen and oxygen atoms in total. The Bertz CT molecular complexity index is 1070. The summed E-state index contributed by atoms with van der Waals surface area (Å²) in [5, 5.41) is 18.0. The van der Waals surface area contributed by atoms with Crippen molar-refractivity contribution in [2.45, 2.75) is 6.92 Å². The topological polar surface area (TPSA) is 96.7 Å².